The first-order chi connectivity index (χ1) is 8.04. The molecule has 0 aliphatic rings. The molecule has 98 valence electrons. The summed E-state index contributed by atoms with van der Waals surface area (Å²) in [6.45, 7) is 0. The van der Waals surface area contributed by atoms with E-state index in [1.54, 1.807) is 0 Å². The van der Waals surface area contributed by atoms with Crippen molar-refractivity contribution in [2.75, 3.05) is 0 Å². The first-order valence-corrected chi connectivity index (χ1v) is 7.09. The molecule has 0 radical (unpaired) electrons. The lowest BCUT2D eigenvalue weighted by Gasteiger charge is -2.12. The van der Waals surface area contributed by atoms with E-state index in [0.717, 1.165) is 12.1 Å². The first-order valence-electron chi connectivity index (χ1n) is 3.98. The Morgan fingerprint density at radius 2 is 1.94 bits per heavy atom. The Kier molecular flexibility index (Phi) is 4.15. The van der Waals surface area contributed by atoms with E-state index in [-0.39, 0.29) is 4.47 Å². The van der Waals surface area contributed by atoms with Crippen LogP contribution in [0, 0.1) is 11.3 Å². The van der Waals surface area contributed by atoms with Crippen LogP contribution in [0.25, 0.3) is 0 Å². The average molecular weight is 365 g/mol. The Morgan fingerprint density at radius 1 is 1.39 bits per heavy atom. The molecular formula is C8H2BrClF3NO3S. The third-order valence-electron chi connectivity index (χ3n) is 1.63. The smallest absolute Gasteiger partial charge is 0.404 e. The molecule has 0 fully saturated rings. The zero-order valence-electron chi connectivity index (χ0n) is 8.12. The normalized spacial score (nSPS) is 12.0. The number of ether oxygens (including phenoxy) is 1. The van der Waals surface area contributed by atoms with E-state index < -0.39 is 31.6 Å². The van der Waals surface area contributed by atoms with Crippen LogP contribution in [0.4, 0.5) is 13.2 Å². The van der Waals surface area contributed by atoms with Crippen LogP contribution in [0.2, 0.25) is 0 Å². The molecule has 4 nitrogen and oxygen atoms in total. The van der Waals surface area contributed by atoms with Crippen molar-refractivity contribution in [3.8, 4) is 11.8 Å². The molecule has 0 aromatic heterocycles. The van der Waals surface area contributed by atoms with E-state index in [4.69, 9.17) is 15.9 Å². The summed E-state index contributed by atoms with van der Waals surface area (Å²) in [4.78, 5) is -0.764. The number of hydrogen-bond donors (Lipinski definition) is 0. The summed E-state index contributed by atoms with van der Waals surface area (Å²) in [6.07, 6.45) is -5.06. The summed E-state index contributed by atoms with van der Waals surface area (Å²) >= 11 is 2.80. The molecule has 1 rings (SSSR count). The fraction of sp³-hybridized carbons (Fsp3) is 0.125. The number of alkyl halides is 3. The van der Waals surface area contributed by atoms with Gasteiger partial charge < -0.3 is 4.74 Å². The zero-order chi connectivity index (χ0) is 14.1. The molecule has 0 atom stereocenters. The van der Waals surface area contributed by atoms with Gasteiger partial charge in [-0.2, -0.15) is 5.26 Å². The minimum atomic E-state index is -5.06. The Balaban J connectivity index is 3.55. The Hall–Kier alpha value is -0.980. The van der Waals surface area contributed by atoms with Crippen molar-refractivity contribution < 1.29 is 26.3 Å². The number of benzene rings is 1. The quantitative estimate of drug-likeness (QED) is 0.756. The predicted octanol–water partition coefficient (Wildman–Crippen LogP) is 3.15. The third-order valence-corrected chi connectivity index (χ3v) is 3.43. The van der Waals surface area contributed by atoms with Gasteiger partial charge in [0, 0.05) is 15.2 Å². The molecule has 0 unspecified atom stereocenters. The highest BCUT2D eigenvalue weighted by molar-refractivity contribution is 9.10. The van der Waals surface area contributed by atoms with Crippen LogP contribution in [0.5, 0.6) is 5.75 Å². The van der Waals surface area contributed by atoms with Crippen molar-refractivity contribution in [3.63, 3.8) is 0 Å². The van der Waals surface area contributed by atoms with Crippen LogP contribution in [-0.2, 0) is 9.05 Å². The highest BCUT2D eigenvalue weighted by Crippen LogP contribution is 2.34. The molecule has 0 bridgehead atoms. The molecule has 0 N–H and O–H groups in total. The largest absolute Gasteiger partial charge is 0.573 e. The molecule has 10 heteroatoms. The van der Waals surface area contributed by atoms with Crippen LogP contribution in [-0.4, -0.2) is 14.8 Å². The maximum atomic E-state index is 12.1. The number of rotatable bonds is 2. The summed E-state index contributed by atoms with van der Waals surface area (Å²) in [6, 6.07) is 3.04. The van der Waals surface area contributed by atoms with E-state index >= 15 is 0 Å². The number of halogens is 5. The lowest BCUT2D eigenvalue weighted by atomic mass is 10.2. The van der Waals surface area contributed by atoms with Crippen molar-refractivity contribution in [1.82, 2.24) is 0 Å². The van der Waals surface area contributed by atoms with Gasteiger partial charge in [0.15, 0.2) is 0 Å². The van der Waals surface area contributed by atoms with Gasteiger partial charge in [0.1, 0.15) is 22.3 Å². The van der Waals surface area contributed by atoms with Crippen LogP contribution in [0.15, 0.2) is 21.5 Å². The second-order valence-electron chi connectivity index (χ2n) is 2.87. The van der Waals surface area contributed by atoms with E-state index in [1.807, 2.05) is 0 Å². The molecule has 1 aromatic carbocycles. The molecule has 0 spiro atoms. The van der Waals surface area contributed by atoms with Gasteiger partial charge >= 0.3 is 6.36 Å². The molecule has 0 saturated carbocycles. The van der Waals surface area contributed by atoms with Crippen LogP contribution in [0.3, 0.4) is 0 Å². The van der Waals surface area contributed by atoms with Gasteiger partial charge in [-0.25, -0.2) is 8.42 Å². The molecule has 18 heavy (non-hydrogen) atoms. The standard InChI is InChI=1S/C8H2BrClF3NO3S/c9-4-1-6(17-8(11,12)13)5(3-14)7(2-4)18(10,15)16/h1-2H. The summed E-state index contributed by atoms with van der Waals surface area (Å²) in [5.74, 6) is -0.946. The Labute approximate surface area is 112 Å². The fourth-order valence-corrected chi connectivity index (χ4v) is 2.68. The number of nitrogens with zero attached hydrogens (tertiary/aromatic N) is 1. The minimum absolute atomic E-state index is 0.0278. The maximum Gasteiger partial charge on any atom is 0.573 e. The molecule has 0 saturated heterocycles. The highest BCUT2D eigenvalue weighted by atomic mass is 79.9. The summed E-state index contributed by atoms with van der Waals surface area (Å²) < 4.78 is 62.1. The van der Waals surface area contributed by atoms with Gasteiger partial charge in [-0.05, 0) is 12.1 Å². The van der Waals surface area contributed by atoms with Crippen LogP contribution >= 0.6 is 26.6 Å². The van der Waals surface area contributed by atoms with Gasteiger partial charge in [-0.1, -0.05) is 15.9 Å². The summed E-state index contributed by atoms with van der Waals surface area (Å²) in [7, 11) is 0.647. The van der Waals surface area contributed by atoms with Crippen molar-refractivity contribution in [1.29, 1.82) is 5.26 Å². The zero-order valence-corrected chi connectivity index (χ0v) is 11.3. The lowest BCUT2D eigenvalue weighted by Crippen LogP contribution is -2.18. The second-order valence-corrected chi connectivity index (χ2v) is 6.32. The fourth-order valence-electron chi connectivity index (χ4n) is 1.07. The molecule has 0 heterocycles. The van der Waals surface area contributed by atoms with Gasteiger partial charge in [0.25, 0.3) is 9.05 Å². The van der Waals surface area contributed by atoms with Gasteiger partial charge in [-0.3, -0.25) is 0 Å². The summed E-state index contributed by atoms with van der Waals surface area (Å²) in [5, 5.41) is 8.71. The molecule has 0 aliphatic carbocycles. The third kappa shape index (κ3) is 3.76. The SMILES string of the molecule is N#Cc1c(OC(F)(F)F)cc(Br)cc1S(=O)(=O)Cl. The first kappa shape index (κ1) is 15.1. The van der Waals surface area contributed by atoms with E-state index in [9.17, 15) is 21.6 Å². The van der Waals surface area contributed by atoms with Crippen molar-refractivity contribution in [2.45, 2.75) is 11.3 Å². The van der Waals surface area contributed by atoms with Crippen molar-refractivity contribution in [3.05, 3.63) is 22.2 Å². The lowest BCUT2D eigenvalue weighted by molar-refractivity contribution is -0.274. The monoisotopic (exact) mass is 363 g/mol. The molecule has 0 aliphatic heterocycles. The van der Waals surface area contributed by atoms with Crippen LogP contribution < -0.4 is 4.74 Å². The maximum absolute atomic E-state index is 12.1. The van der Waals surface area contributed by atoms with Crippen molar-refractivity contribution in [2.24, 2.45) is 0 Å². The highest BCUT2D eigenvalue weighted by Gasteiger charge is 2.34. The van der Waals surface area contributed by atoms with Crippen LogP contribution in [0.1, 0.15) is 5.56 Å². The molecule has 1 aromatic rings. The summed E-state index contributed by atoms with van der Waals surface area (Å²) in [5.41, 5.74) is -0.814. The van der Waals surface area contributed by atoms with Gasteiger partial charge in [0.2, 0.25) is 0 Å². The predicted molar refractivity (Wildman–Crippen MR) is 58.6 cm³/mol. The van der Waals surface area contributed by atoms with Crippen molar-refractivity contribution >= 4 is 35.7 Å². The topological polar surface area (TPSA) is 67.2 Å². The minimum Gasteiger partial charge on any atom is -0.404 e. The van der Waals surface area contributed by atoms with E-state index in [1.165, 1.54) is 6.07 Å². The van der Waals surface area contributed by atoms with E-state index in [0.29, 0.717) is 0 Å². The average Bonchev–Trinajstić information content (AvgIpc) is 2.12. The molecular weight excluding hydrogens is 363 g/mol. The second kappa shape index (κ2) is 4.95. The number of nitriles is 1. The Bertz CT molecular complexity index is 624. The molecule has 0 amide bonds. The van der Waals surface area contributed by atoms with E-state index in [2.05, 4.69) is 20.7 Å². The number of hydrogen-bond acceptors (Lipinski definition) is 4. The van der Waals surface area contributed by atoms with Gasteiger partial charge in [-0.15, -0.1) is 13.2 Å². The Morgan fingerprint density at radius 3 is 2.33 bits per heavy atom. The van der Waals surface area contributed by atoms with Gasteiger partial charge in [0.05, 0.1) is 0 Å².